The maximum absolute atomic E-state index is 12.5. The minimum absolute atomic E-state index is 0.0827. The van der Waals surface area contributed by atoms with Gasteiger partial charge in [0.05, 0.1) is 0 Å². The molecule has 2 amide bonds. The number of para-hydroxylation sites is 1. The van der Waals surface area contributed by atoms with Crippen molar-refractivity contribution in [2.24, 2.45) is 0 Å². The van der Waals surface area contributed by atoms with Gasteiger partial charge < -0.3 is 14.4 Å². The second-order valence-electron chi connectivity index (χ2n) is 5.82. The first kappa shape index (κ1) is 14.6. The van der Waals surface area contributed by atoms with Crippen molar-refractivity contribution >= 4 is 22.7 Å². The number of amides is 2. The van der Waals surface area contributed by atoms with E-state index in [1.54, 1.807) is 11.8 Å². The van der Waals surface area contributed by atoms with E-state index in [4.69, 9.17) is 0 Å². The molecule has 1 aliphatic heterocycles. The van der Waals surface area contributed by atoms with Gasteiger partial charge >= 0.3 is 0 Å². The molecular weight excluding hydrogens is 278 g/mol. The van der Waals surface area contributed by atoms with Gasteiger partial charge in [0.1, 0.15) is 6.54 Å². The number of nitrogens with zero attached hydrogens (tertiary/aromatic N) is 3. The summed E-state index contributed by atoms with van der Waals surface area (Å²) in [5.74, 6) is 0.201. The molecule has 1 aliphatic rings. The summed E-state index contributed by atoms with van der Waals surface area (Å²) in [6, 6.07) is 10.2. The summed E-state index contributed by atoms with van der Waals surface area (Å²) in [4.78, 5) is 27.5. The first-order valence-electron chi connectivity index (χ1n) is 7.64. The van der Waals surface area contributed by atoms with Crippen LogP contribution in [0.25, 0.3) is 10.9 Å². The Morgan fingerprint density at radius 1 is 1.05 bits per heavy atom. The number of aromatic nitrogens is 1. The van der Waals surface area contributed by atoms with Crippen LogP contribution < -0.4 is 0 Å². The molecule has 0 atom stereocenters. The van der Waals surface area contributed by atoms with E-state index in [-0.39, 0.29) is 11.8 Å². The van der Waals surface area contributed by atoms with Gasteiger partial charge in [-0.3, -0.25) is 9.59 Å². The first-order valence-corrected chi connectivity index (χ1v) is 7.64. The maximum Gasteiger partial charge on any atom is 0.242 e. The molecule has 0 aliphatic carbocycles. The highest BCUT2D eigenvalue weighted by Crippen LogP contribution is 2.19. The molecule has 0 saturated carbocycles. The molecule has 1 fully saturated rings. The van der Waals surface area contributed by atoms with Crippen molar-refractivity contribution in [1.82, 2.24) is 14.4 Å². The van der Waals surface area contributed by atoms with Crippen LogP contribution in [-0.4, -0.2) is 52.4 Å². The second kappa shape index (κ2) is 5.83. The molecule has 5 heteroatoms. The summed E-state index contributed by atoms with van der Waals surface area (Å²) in [6.45, 7) is 6.47. The average Bonchev–Trinajstić information content (AvgIpc) is 2.83. The molecule has 1 aromatic heterocycles. The lowest BCUT2D eigenvalue weighted by Gasteiger charge is -2.34. The molecule has 0 bridgehead atoms. The molecule has 2 aromatic rings. The molecule has 2 heterocycles. The highest BCUT2D eigenvalue weighted by Gasteiger charge is 2.23. The van der Waals surface area contributed by atoms with Gasteiger partial charge in [0.2, 0.25) is 11.8 Å². The third-order valence-corrected chi connectivity index (χ3v) is 4.39. The molecule has 0 radical (unpaired) electrons. The Kier molecular flexibility index (Phi) is 3.88. The smallest absolute Gasteiger partial charge is 0.242 e. The summed E-state index contributed by atoms with van der Waals surface area (Å²) >= 11 is 0. The topological polar surface area (TPSA) is 45.6 Å². The predicted octanol–water partition coefficient (Wildman–Crippen LogP) is 1.64. The number of hydrogen-bond donors (Lipinski definition) is 0. The van der Waals surface area contributed by atoms with Gasteiger partial charge in [-0.05, 0) is 24.4 Å². The molecule has 22 heavy (non-hydrogen) atoms. The number of piperazine rings is 1. The Hall–Kier alpha value is -2.30. The lowest BCUT2D eigenvalue weighted by atomic mass is 10.2. The van der Waals surface area contributed by atoms with Crippen LogP contribution in [-0.2, 0) is 16.1 Å². The zero-order valence-corrected chi connectivity index (χ0v) is 13.1. The molecule has 3 rings (SSSR count). The minimum atomic E-state index is 0.0827. The van der Waals surface area contributed by atoms with Crippen LogP contribution in [0.3, 0.4) is 0 Å². The van der Waals surface area contributed by atoms with Gasteiger partial charge in [-0.25, -0.2) is 0 Å². The highest BCUT2D eigenvalue weighted by atomic mass is 16.2. The molecule has 116 valence electrons. The van der Waals surface area contributed by atoms with Crippen LogP contribution in [0.4, 0.5) is 0 Å². The standard InChI is InChI=1S/C17H21N3O2/c1-13-11-15-5-3-4-6-16(15)20(13)12-17(22)19-9-7-18(8-10-19)14(2)21/h3-6,11H,7-10,12H2,1-2H3. The number of fused-ring (bicyclic) bond motifs is 1. The second-order valence-corrected chi connectivity index (χ2v) is 5.82. The van der Waals surface area contributed by atoms with E-state index in [1.807, 2.05) is 30.0 Å². The van der Waals surface area contributed by atoms with Crippen LogP contribution in [0, 0.1) is 6.92 Å². The van der Waals surface area contributed by atoms with Crippen molar-refractivity contribution in [3.8, 4) is 0 Å². The summed E-state index contributed by atoms with van der Waals surface area (Å²) in [5.41, 5.74) is 2.19. The highest BCUT2D eigenvalue weighted by molar-refractivity contribution is 5.84. The van der Waals surface area contributed by atoms with Gasteiger partial charge in [-0.2, -0.15) is 0 Å². The largest absolute Gasteiger partial charge is 0.339 e. The van der Waals surface area contributed by atoms with Crippen molar-refractivity contribution in [1.29, 1.82) is 0 Å². The normalized spacial score (nSPS) is 15.4. The quantitative estimate of drug-likeness (QED) is 0.846. The Balaban J connectivity index is 1.72. The molecule has 1 saturated heterocycles. The number of rotatable bonds is 2. The van der Waals surface area contributed by atoms with Gasteiger partial charge in [-0.15, -0.1) is 0 Å². The Morgan fingerprint density at radius 3 is 2.36 bits per heavy atom. The third kappa shape index (κ3) is 2.71. The fourth-order valence-electron chi connectivity index (χ4n) is 3.06. The summed E-state index contributed by atoms with van der Waals surface area (Å²) in [5, 5.41) is 1.16. The van der Waals surface area contributed by atoms with Crippen molar-refractivity contribution in [2.45, 2.75) is 20.4 Å². The third-order valence-electron chi connectivity index (χ3n) is 4.39. The summed E-state index contributed by atoms with van der Waals surface area (Å²) < 4.78 is 2.06. The molecular formula is C17H21N3O2. The fraction of sp³-hybridized carbons (Fsp3) is 0.412. The van der Waals surface area contributed by atoms with E-state index in [9.17, 15) is 9.59 Å². The van der Waals surface area contributed by atoms with E-state index in [0.29, 0.717) is 32.7 Å². The number of aryl methyl sites for hydroxylation is 1. The number of carbonyl (C=O) groups excluding carboxylic acids is 2. The van der Waals surface area contributed by atoms with Crippen LogP contribution >= 0.6 is 0 Å². The van der Waals surface area contributed by atoms with Crippen molar-refractivity contribution < 1.29 is 9.59 Å². The monoisotopic (exact) mass is 299 g/mol. The first-order chi connectivity index (χ1) is 10.6. The zero-order chi connectivity index (χ0) is 15.7. The number of hydrogen-bond acceptors (Lipinski definition) is 2. The average molecular weight is 299 g/mol. The Bertz CT molecular complexity index is 712. The molecule has 0 unspecified atom stereocenters. The lowest BCUT2D eigenvalue weighted by Crippen LogP contribution is -2.50. The zero-order valence-electron chi connectivity index (χ0n) is 13.1. The minimum Gasteiger partial charge on any atom is -0.339 e. The predicted molar refractivity (Wildman–Crippen MR) is 85.5 cm³/mol. The SMILES string of the molecule is CC(=O)N1CCN(C(=O)Cn2c(C)cc3ccccc32)CC1. The Labute approximate surface area is 130 Å². The van der Waals surface area contributed by atoms with Crippen molar-refractivity contribution in [3.63, 3.8) is 0 Å². The molecule has 5 nitrogen and oxygen atoms in total. The lowest BCUT2D eigenvalue weighted by molar-refractivity contribution is -0.138. The van der Waals surface area contributed by atoms with Gasteiger partial charge in [0.25, 0.3) is 0 Å². The van der Waals surface area contributed by atoms with Crippen molar-refractivity contribution in [2.75, 3.05) is 26.2 Å². The fourth-order valence-corrected chi connectivity index (χ4v) is 3.06. The number of carbonyl (C=O) groups is 2. The van der Waals surface area contributed by atoms with E-state index in [2.05, 4.69) is 16.7 Å². The van der Waals surface area contributed by atoms with Gasteiger partial charge in [0, 0.05) is 44.3 Å². The maximum atomic E-state index is 12.5. The Morgan fingerprint density at radius 2 is 1.68 bits per heavy atom. The molecule has 0 spiro atoms. The number of benzene rings is 1. The van der Waals surface area contributed by atoms with E-state index >= 15 is 0 Å². The van der Waals surface area contributed by atoms with E-state index in [0.717, 1.165) is 16.6 Å². The van der Waals surface area contributed by atoms with Crippen LogP contribution in [0.2, 0.25) is 0 Å². The molecule has 1 aromatic carbocycles. The van der Waals surface area contributed by atoms with Gasteiger partial charge in [-0.1, -0.05) is 18.2 Å². The summed E-state index contributed by atoms with van der Waals surface area (Å²) in [6.07, 6.45) is 0. The van der Waals surface area contributed by atoms with Gasteiger partial charge in [0.15, 0.2) is 0 Å². The van der Waals surface area contributed by atoms with E-state index in [1.165, 1.54) is 0 Å². The van der Waals surface area contributed by atoms with Crippen LogP contribution in [0.1, 0.15) is 12.6 Å². The van der Waals surface area contributed by atoms with Crippen molar-refractivity contribution in [3.05, 3.63) is 36.0 Å². The summed E-state index contributed by atoms with van der Waals surface area (Å²) in [7, 11) is 0. The van der Waals surface area contributed by atoms with Crippen LogP contribution in [0.5, 0.6) is 0 Å². The van der Waals surface area contributed by atoms with Crippen LogP contribution in [0.15, 0.2) is 30.3 Å². The van der Waals surface area contributed by atoms with E-state index < -0.39 is 0 Å². The molecule has 0 N–H and O–H groups in total.